The number of aromatic nitrogens is 3. The summed E-state index contributed by atoms with van der Waals surface area (Å²) in [4.78, 5) is 0. The fourth-order valence-corrected chi connectivity index (χ4v) is 23.1. The first-order valence-electron chi connectivity index (χ1n) is 24.5. The maximum absolute atomic E-state index is 4.74. The van der Waals surface area contributed by atoms with Crippen LogP contribution in [0.5, 0.6) is 0 Å². The number of aryl methyl sites for hydroxylation is 4. The van der Waals surface area contributed by atoms with Crippen molar-refractivity contribution in [3.05, 3.63) is 229 Å². The molecule has 0 bridgehead atoms. The van der Waals surface area contributed by atoms with Crippen LogP contribution >= 0.6 is 0 Å². The van der Waals surface area contributed by atoms with Crippen LogP contribution < -0.4 is 8.13 Å². The number of anilines is 3. The van der Waals surface area contributed by atoms with E-state index < -0.39 is 14.2 Å². The third-order valence-corrected chi connectivity index (χ3v) is 23.6. The van der Waals surface area contributed by atoms with Gasteiger partial charge < -0.3 is 0 Å². The Morgan fingerprint density at radius 2 is 0.900 bits per heavy atom. The summed E-state index contributed by atoms with van der Waals surface area (Å²) in [5.41, 5.74) is 17.7. The van der Waals surface area contributed by atoms with Gasteiger partial charge in [0.1, 0.15) is 0 Å². The van der Waals surface area contributed by atoms with Gasteiger partial charge in [0.05, 0.1) is 0 Å². The van der Waals surface area contributed by atoms with Gasteiger partial charge in [0.25, 0.3) is 0 Å². The number of hydrogen-bond acceptors (Lipinski definition) is 2. The van der Waals surface area contributed by atoms with Crippen LogP contribution in [0.25, 0.3) is 103 Å². The summed E-state index contributed by atoms with van der Waals surface area (Å²) in [5, 5.41) is 15.4. The molecule has 14 aromatic rings. The molecule has 332 valence electrons. The van der Waals surface area contributed by atoms with Gasteiger partial charge in [-0.05, 0) is 13.8 Å². The fraction of sp³-hybridized carbons (Fsp3) is 0.0625. The minimum atomic E-state index is -4.56. The molecule has 16 rings (SSSR count). The third-order valence-electron chi connectivity index (χ3n) is 15.6. The van der Waals surface area contributed by atoms with E-state index in [9.17, 15) is 0 Å². The Hall–Kier alpha value is -8.26. The molecule has 5 heterocycles. The molecule has 70 heavy (non-hydrogen) atoms. The topological polar surface area (TPSA) is 30.1 Å². The van der Waals surface area contributed by atoms with Crippen molar-refractivity contribution in [2.75, 3.05) is 8.13 Å². The first-order valence-corrected chi connectivity index (χ1v) is 28.3. The number of nitrogens with zero attached hydrogens (tertiary/aromatic N) is 4. The van der Waals surface area contributed by atoms with Crippen molar-refractivity contribution in [2.24, 2.45) is 0 Å². The first kappa shape index (κ1) is 39.7. The van der Waals surface area contributed by atoms with Crippen molar-refractivity contribution in [2.45, 2.75) is 27.7 Å². The van der Waals surface area contributed by atoms with E-state index >= 15 is 0 Å². The third kappa shape index (κ3) is 5.07. The molecule has 0 fully saturated rings. The molecule has 2 aliphatic heterocycles. The standard InChI is InChI=1S/C56H37GeN5.C8H10/c1-33-15-14-16-34(2)53(33)62-56-42-25-11-9-22-39(42)38-21-8-10-24-41(38)52(56)58-57(62)60-45-26-13-12-23-40(45)43-28-31-46-50(54(43)60)51-47(59(46)36-18-4-3-5-19-36)32-29-44-49-37-20-7-6-17-35(37)27-30-48(49)61(57)55(44)51;1-7-4-3-5-8(2)6-7/h3-32,58H,1-2H3;3-6H,1-2H3. The molecule has 1 N–H and O–H groups in total. The van der Waals surface area contributed by atoms with Gasteiger partial charge in [-0.3, -0.25) is 0 Å². The van der Waals surface area contributed by atoms with E-state index in [2.05, 4.69) is 249 Å². The van der Waals surface area contributed by atoms with Crippen LogP contribution in [-0.2, 0) is 0 Å². The number of hydrogen-bond donors (Lipinski definition) is 1. The van der Waals surface area contributed by atoms with Gasteiger partial charge in [0.2, 0.25) is 0 Å². The van der Waals surface area contributed by atoms with Crippen molar-refractivity contribution < 1.29 is 0 Å². The molecular formula is C64H47GeN5. The van der Waals surface area contributed by atoms with Gasteiger partial charge >= 0.3 is 361 Å². The normalized spacial score (nSPS) is 15.0. The van der Waals surface area contributed by atoms with E-state index in [4.69, 9.17) is 4.27 Å². The minimum absolute atomic E-state index is 1.17. The monoisotopic (exact) mass is 959 g/mol. The van der Waals surface area contributed by atoms with E-state index in [-0.39, 0.29) is 0 Å². The van der Waals surface area contributed by atoms with E-state index in [0.29, 0.717) is 0 Å². The zero-order valence-corrected chi connectivity index (χ0v) is 41.5. The summed E-state index contributed by atoms with van der Waals surface area (Å²) in [6.07, 6.45) is 0. The second kappa shape index (κ2) is 14.4. The Morgan fingerprint density at radius 1 is 0.357 bits per heavy atom. The number of fused-ring (bicyclic) bond motifs is 16. The zero-order valence-electron chi connectivity index (χ0n) is 39.4. The molecule has 11 aromatic carbocycles. The van der Waals surface area contributed by atoms with Crippen LogP contribution in [0.15, 0.2) is 206 Å². The Balaban J connectivity index is 0.000000506. The Morgan fingerprint density at radius 3 is 1.60 bits per heavy atom. The summed E-state index contributed by atoms with van der Waals surface area (Å²) < 4.78 is 15.9. The van der Waals surface area contributed by atoms with Crippen LogP contribution in [0.3, 0.4) is 0 Å². The summed E-state index contributed by atoms with van der Waals surface area (Å²) in [6, 6.07) is 77.0. The molecular weight excluding hydrogens is 911 g/mol. The molecule has 0 radical (unpaired) electrons. The van der Waals surface area contributed by atoms with Crippen LogP contribution in [0.1, 0.15) is 22.3 Å². The number of para-hydroxylation sites is 3. The average Bonchev–Trinajstić information content (AvgIpc) is 4.11. The van der Waals surface area contributed by atoms with E-state index in [1.54, 1.807) is 0 Å². The average molecular weight is 959 g/mol. The molecule has 1 spiro atoms. The SMILES string of the molecule is Cc1cccc(C)c1.Cc1cccc(C)c1[N]1c2c(c3ccccc3c3ccccc23)[NH][Ge]12[n]1c3ccccc3c3ccc4c(c5c(ccc6c7c8ccccc8ccc7[n]2c65)n4-c2ccccc2)c31. The molecule has 0 saturated carbocycles. The van der Waals surface area contributed by atoms with Crippen molar-refractivity contribution >= 4 is 129 Å². The van der Waals surface area contributed by atoms with Crippen LogP contribution in [0.4, 0.5) is 17.1 Å². The molecule has 5 nitrogen and oxygen atoms in total. The van der Waals surface area contributed by atoms with Crippen molar-refractivity contribution in [1.82, 2.24) is 11.6 Å². The molecule has 0 amide bonds. The van der Waals surface area contributed by atoms with E-state index in [0.717, 1.165) is 0 Å². The van der Waals surface area contributed by atoms with E-state index in [1.165, 1.54) is 143 Å². The number of nitrogens with one attached hydrogen (secondary N) is 1. The second-order valence-electron chi connectivity index (χ2n) is 19.6. The van der Waals surface area contributed by atoms with Gasteiger partial charge in [-0.15, -0.1) is 0 Å². The number of benzene rings is 11. The summed E-state index contributed by atoms with van der Waals surface area (Å²) in [6.45, 7) is 8.84. The molecule has 0 saturated heterocycles. The predicted octanol–water partition coefficient (Wildman–Crippen LogP) is 16.8. The molecule has 6 heteroatoms. The van der Waals surface area contributed by atoms with Gasteiger partial charge in [-0.1, -0.05) is 35.4 Å². The van der Waals surface area contributed by atoms with Crippen molar-refractivity contribution in [1.29, 1.82) is 0 Å². The zero-order chi connectivity index (χ0) is 46.6. The Bertz CT molecular complexity index is 4540. The van der Waals surface area contributed by atoms with Crippen LogP contribution in [0.2, 0.25) is 0 Å². The summed E-state index contributed by atoms with van der Waals surface area (Å²) in [7, 11) is 0. The molecule has 3 aromatic heterocycles. The van der Waals surface area contributed by atoms with Crippen LogP contribution in [0, 0.1) is 27.7 Å². The molecule has 0 aliphatic carbocycles. The Kier molecular flexibility index (Phi) is 8.16. The number of rotatable bonds is 2. The van der Waals surface area contributed by atoms with Crippen LogP contribution in [-0.4, -0.2) is 25.8 Å². The second-order valence-corrected chi connectivity index (χ2v) is 25.6. The van der Waals surface area contributed by atoms with Crippen molar-refractivity contribution in [3.63, 3.8) is 0 Å². The maximum atomic E-state index is 4.74. The van der Waals surface area contributed by atoms with E-state index in [1.807, 2.05) is 0 Å². The van der Waals surface area contributed by atoms with Gasteiger partial charge in [-0.2, -0.15) is 0 Å². The van der Waals surface area contributed by atoms with Gasteiger partial charge in [-0.25, -0.2) is 0 Å². The first-order chi connectivity index (χ1) is 34.4. The quantitative estimate of drug-likeness (QED) is 0.138. The van der Waals surface area contributed by atoms with Crippen molar-refractivity contribution in [3.8, 4) is 5.69 Å². The molecule has 2 aliphatic rings. The molecule has 1 atom stereocenters. The fourth-order valence-electron chi connectivity index (χ4n) is 12.9. The summed E-state index contributed by atoms with van der Waals surface area (Å²) >= 11 is -4.56. The molecule has 1 unspecified atom stereocenters. The summed E-state index contributed by atoms with van der Waals surface area (Å²) in [5.74, 6) is 0. The Labute approximate surface area is 408 Å². The van der Waals surface area contributed by atoms with Gasteiger partial charge in [0, 0.05) is 0 Å². The van der Waals surface area contributed by atoms with Gasteiger partial charge in [0.15, 0.2) is 0 Å². The predicted molar refractivity (Wildman–Crippen MR) is 300 cm³/mol.